The van der Waals surface area contributed by atoms with Crippen molar-refractivity contribution in [2.45, 2.75) is 90.4 Å². The number of benzene rings is 1. The Balaban J connectivity index is 1.55. The van der Waals surface area contributed by atoms with E-state index in [1.54, 1.807) is 12.0 Å². The molecule has 0 aromatic heterocycles. The van der Waals surface area contributed by atoms with Gasteiger partial charge in [-0.15, -0.1) is 0 Å². The van der Waals surface area contributed by atoms with E-state index in [2.05, 4.69) is 38.1 Å². The maximum Gasteiger partial charge on any atom is -0.0159 e. The van der Waals surface area contributed by atoms with Gasteiger partial charge in [-0.25, -0.2) is 0 Å². The molecule has 4 atom stereocenters. The Morgan fingerprint density at radius 3 is 2.30 bits per heavy atom. The lowest BCUT2D eigenvalue weighted by Gasteiger charge is -2.42. The van der Waals surface area contributed by atoms with E-state index in [4.69, 9.17) is 0 Å². The monoisotopic (exact) mass is 312 g/mol. The molecule has 2 fully saturated rings. The predicted octanol–water partition coefficient (Wildman–Crippen LogP) is 7.13. The fourth-order valence-electron chi connectivity index (χ4n) is 5.30. The molecule has 1 aromatic carbocycles. The lowest BCUT2D eigenvalue weighted by Crippen LogP contribution is -2.30. The van der Waals surface area contributed by atoms with Crippen molar-refractivity contribution in [3.8, 4) is 0 Å². The molecule has 0 aliphatic heterocycles. The summed E-state index contributed by atoms with van der Waals surface area (Å²) in [4.78, 5) is 0. The molecule has 3 rings (SSSR count). The molecule has 1 aromatic rings. The Morgan fingerprint density at radius 2 is 1.57 bits per heavy atom. The molecule has 0 radical (unpaired) electrons. The molecule has 128 valence electrons. The average molecular weight is 313 g/mol. The molecule has 0 saturated heterocycles. The molecular formula is C23H36. The zero-order valence-electron chi connectivity index (χ0n) is 15.4. The van der Waals surface area contributed by atoms with Crippen LogP contribution in [-0.4, -0.2) is 0 Å². The Labute approximate surface area is 144 Å². The van der Waals surface area contributed by atoms with E-state index in [0.717, 1.165) is 23.7 Å². The smallest absolute Gasteiger partial charge is 0.0159 e. The molecule has 0 heteroatoms. The van der Waals surface area contributed by atoms with E-state index in [-0.39, 0.29) is 0 Å². The highest BCUT2D eigenvalue weighted by Gasteiger charge is 2.35. The minimum atomic E-state index is 0.846. The number of aryl methyl sites for hydroxylation is 1. The van der Waals surface area contributed by atoms with Gasteiger partial charge in [0.05, 0.1) is 0 Å². The molecule has 0 N–H and O–H groups in total. The van der Waals surface area contributed by atoms with Crippen LogP contribution in [-0.2, 0) is 6.42 Å². The van der Waals surface area contributed by atoms with Crippen LogP contribution in [0.3, 0.4) is 0 Å². The minimum Gasteiger partial charge on any atom is -0.0654 e. The number of rotatable bonds is 6. The van der Waals surface area contributed by atoms with E-state index in [0.29, 0.717) is 0 Å². The third-order valence-corrected chi connectivity index (χ3v) is 6.69. The second-order valence-electron chi connectivity index (χ2n) is 8.34. The third-order valence-electron chi connectivity index (χ3n) is 6.69. The van der Waals surface area contributed by atoms with E-state index in [9.17, 15) is 0 Å². The van der Waals surface area contributed by atoms with Crippen molar-refractivity contribution < 1.29 is 0 Å². The van der Waals surface area contributed by atoms with Crippen molar-refractivity contribution in [3.63, 3.8) is 0 Å². The van der Waals surface area contributed by atoms with Gasteiger partial charge in [0.25, 0.3) is 0 Å². The SMILES string of the molecule is CCCCc1ccc([C@@H]2CC[C@H]3C[C@@H](CCC)CC[C@@H]3C2)cc1. The Hall–Kier alpha value is -0.780. The summed E-state index contributed by atoms with van der Waals surface area (Å²) in [7, 11) is 0. The van der Waals surface area contributed by atoms with E-state index in [1.807, 2.05) is 0 Å². The van der Waals surface area contributed by atoms with Gasteiger partial charge >= 0.3 is 0 Å². The largest absolute Gasteiger partial charge is 0.0654 e. The highest BCUT2D eigenvalue weighted by atomic mass is 14.4. The van der Waals surface area contributed by atoms with Gasteiger partial charge in [0.1, 0.15) is 0 Å². The summed E-state index contributed by atoms with van der Waals surface area (Å²) in [5, 5.41) is 0. The number of unbranched alkanes of at least 4 members (excludes halogenated alkanes) is 1. The summed E-state index contributed by atoms with van der Waals surface area (Å²) in [6.45, 7) is 4.63. The quantitative estimate of drug-likeness (QED) is 0.524. The molecule has 2 saturated carbocycles. The van der Waals surface area contributed by atoms with Crippen LogP contribution in [0.15, 0.2) is 24.3 Å². The van der Waals surface area contributed by atoms with Crippen molar-refractivity contribution >= 4 is 0 Å². The van der Waals surface area contributed by atoms with Gasteiger partial charge in [-0.2, -0.15) is 0 Å². The summed E-state index contributed by atoms with van der Waals surface area (Å²) in [6, 6.07) is 9.68. The van der Waals surface area contributed by atoms with Crippen molar-refractivity contribution in [2.24, 2.45) is 17.8 Å². The molecule has 0 amide bonds. The van der Waals surface area contributed by atoms with E-state index >= 15 is 0 Å². The highest BCUT2D eigenvalue weighted by Crippen LogP contribution is 2.48. The molecule has 0 unspecified atom stereocenters. The van der Waals surface area contributed by atoms with E-state index < -0.39 is 0 Å². The second-order valence-corrected chi connectivity index (χ2v) is 8.34. The first kappa shape index (κ1) is 17.1. The van der Waals surface area contributed by atoms with Crippen LogP contribution >= 0.6 is 0 Å². The van der Waals surface area contributed by atoms with Crippen LogP contribution in [0.4, 0.5) is 0 Å². The zero-order chi connectivity index (χ0) is 16.1. The van der Waals surface area contributed by atoms with E-state index in [1.165, 1.54) is 69.8 Å². The maximum absolute atomic E-state index is 2.44. The number of hydrogen-bond donors (Lipinski definition) is 0. The Kier molecular flexibility index (Phi) is 6.20. The van der Waals surface area contributed by atoms with Gasteiger partial charge in [0, 0.05) is 0 Å². The van der Waals surface area contributed by atoms with Crippen molar-refractivity contribution in [1.82, 2.24) is 0 Å². The topological polar surface area (TPSA) is 0 Å². The maximum atomic E-state index is 2.44. The average Bonchev–Trinajstić information content (AvgIpc) is 2.60. The van der Waals surface area contributed by atoms with Crippen LogP contribution in [0.2, 0.25) is 0 Å². The summed E-state index contributed by atoms with van der Waals surface area (Å²) in [5.41, 5.74) is 3.16. The van der Waals surface area contributed by atoms with Gasteiger partial charge in [-0.1, -0.05) is 63.8 Å². The summed E-state index contributed by atoms with van der Waals surface area (Å²) in [5.74, 6) is 3.98. The third kappa shape index (κ3) is 4.40. The van der Waals surface area contributed by atoms with Crippen molar-refractivity contribution in [3.05, 3.63) is 35.4 Å². The minimum absolute atomic E-state index is 0.846. The first-order chi connectivity index (χ1) is 11.3. The molecule has 0 nitrogen and oxygen atoms in total. The predicted molar refractivity (Wildman–Crippen MR) is 101 cm³/mol. The van der Waals surface area contributed by atoms with Crippen molar-refractivity contribution in [2.75, 3.05) is 0 Å². The van der Waals surface area contributed by atoms with Gasteiger partial charge < -0.3 is 0 Å². The highest BCUT2D eigenvalue weighted by molar-refractivity contribution is 5.26. The van der Waals surface area contributed by atoms with Crippen LogP contribution < -0.4 is 0 Å². The molecule has 0 spiro atoms. The normalized spacial score (nSPS) is 30.9. The fraction of sp³-hybridized carbons (Fsp3) is 0.739. The van der Waals surface area contributed by atoms with Gasteiger partial charge in [-0.3, -0.25) is 0 Å². The molecule has 0 bridgehead atoms. The Bertz CT molecular complexity index is 457. The van der Waals surface area contributed by atoms with Crippen LogP contribution in [0.5, 0.6) is 0 Å². The fourth-order valence-corrected chi connectivity index (χ4v) is 5.30. The first-order valence-electron chi connectivity index (χ1n) is 10.4. The summed E-state index contributed by atoms with van der Waals surface area (Å²) < 4.78 is 0. The summed E-state index contributed by atoms with van der Waals surface area (Å²) in [6.07, 6.45) is 15.7. The number of fused-ring (bicyclic) bond motifs is 1. The van der Waals surface area contributed by atoms with Gasteiger partial charge in [0.15, 0.2) is 0 Å². The molecule has 2 aliphatic carbocycles. The number of hydrogen-bond acceptors (Lipinski definition) is 0. The second kappa shape index (κ2) is 8.36. The molecule has 0 heterocycles. The van der Waals surface area contributed by atoms with Crippen LogP contribution in [0.1, 0.15) is 95.1 Å². The Morgan fingerprint density at radius 1 is 0.826 bits per heavy atom. The van der Waals surface area contributed by atoms with Crippen LogP contribution in [0.25, 0.3) is 0 Å². The lowest BCUT2D eigenvalue weighted by molar-refractivity contribution is 0.114. The molecule has 23 heavy (non-hydrogen) atoms. The molecule has 2 aliphatic rings. The van der Waals surface area contributed by atoms with Gasteiger partial charge in [0.2, 0.25) is 0 Å². The first-order valence-corrected chi connectivity index (χ1v) is 10.4. The lowest BCUT2D eigenvalue weighted by atomic mass is 9.63. The zero-order valence-corrected chi connectivity index (χ0v) is 15.4. The molecular weight excluding hydrogens is 276 g/mol. The van der Waals surface area contributed by atoms with Crippen molar-refractivity contribution in [1.29, 1.82) is 0 Å². The van der Waals surface area contributed by atoms with Gasteiger partial charge in [-0.05, 0) is 79.7 Å². The van der Waals surface area contributed by atoms with Crippen LogP contribution in [0, 0.1) is 17.8 Å². The standard InChI is InChI=1S/C23H36/c1-3-5-7-18-8-11-20(12-9-18)22-15-14-21-16-19(6-4-2)10-13-23(21)17-22/h8-9,11-12,19,21-23H,3-7,10,13-17H2,1-2H3/t19-,21-,22+,23+/m0/s1. The summed E-state index contributed by atoms with van der Waals surface area (Å²) >= 11 is 0.